The second-order valence-electron chi connectivity index (χ2n) is 23.1. The van der Waals surface area contributed by atoms with Crippen LogP contribution in [0.25, 0.3) is 0 Å². The molecule has 0 aromatic rings. The van der Waals surface area contributed by atoms with E-state index in [2.05, 4.69) is 32.9 Å². The van der Waals surface area contributed by atoms with Crippen molar-refractivity contribution in [1.82, 2.24) is 0 Å². The second-order valence-corrected chi connectivity index (χ2v) is 23.1. The summed E-state index contributed by atoms with van der Waals surface area (Å²) in [7, 11) is 0. The van der Waals surface area contributed by atoms with Crippen LogP contribution in [0.2, 0.25) is 0 Å². The third-order valence-electron chi connectivity index (χ3n) is 15.5. The van der Waals surface area contributed by atoms with Crippen LogP contribution in [-0.2, 0) is 28.6 Å². The highest BCUT2D eigenvalue weighted by atomic mass is 16.6. The van der Waals surface area contributed by atoms with Gasteiger partial charge in [0, 0.05) is 19.3 Å². The van der Waals surface area contributed by atoms with Crippen LogP contribution in [-0.4, -0.2) is 37.2 Å². The Morgan fingerprint density at radius 2 is 0.446 bits per heavy atom. The van der Waals surface area contributed by atoms with Gasteiger partial charge in [-0.25, -0.2) is 0 Å². The largest absolute Gasteiger partial charge is 0.462 e. The van der Waals surface area contributed by atoms with Crippen molar-refractivity contribution in [3.8, 4) is 0 Å². The molecule has 0 heterocycles. The van der Waals surface area contributed by atoms with Crippen molar-refractivity contribution < 1.29 is 28.6 Å². The quantitative estimate of drug-likeness (QED) is 0.0261. The van der Waals surface area contributed by atoms with Gasteiger partial charge in [0.2, 0.25) is 0 Å². The maximum atomic E-state index is 12.9. The molecule has 0 aromatic heterocycles. The van der Waals surface area contributed by atoms with Crippen molar-refractivity contribution in [2.45, 2.75) is 393 Å². The lowest BCUT2D eigenvalue weighted by Crippen LogP contribution is -2.30. The highest BCUT2D eigenvalue weighted by molar-refractivity contribution is 5.71. The highest BCUT2D eigenvalue weighted by Crippen LogP contribution is 2.18. The lowest BCUT2D eigenvalue weighted by atomic mass is 10.0. The first-order chi connectivity index (χ1) is 36.5. The summed E-state index contributed by atoms with van der Waals surface area (Å²) in [6.07, 6.45) is 75.2. The van der Waals surface area contributed by atoms with Crippen LogP contribution < -0.4 is 0 Å². The van der Waals surface area contributed by atoms with Crippen LogP contribution in [0, 0.1) is 0 Å². The van der Waals surface area contributed by atoms with Gasteiger partial charge in [0.1, 0.15) is 13.2 Å². The number of esters is 3. The Morgan fingerprint density at radius 3 is 0.676 bits per heavy atom. The number of carbonyl (C=O) groups excluding carboxylic acids is 3. The molecule has 0 amide bonds. The number of unbranched alkanes of at least 4 members (excludes halogenated alkanes) is 50. The molecule has 1 unspecified atom stereocenters. The van der Waals surface area contributed by atoms with Crippen LogP contribution in [0.15, 0.2) is 12.2 Å². The molecule has 438 valence electrons. The van der Waals surface area contributed by atoms with Crippen LogP contribution in [0.3, 0.4) is 0 Å². The summed E-state index contributed by atoms with van der Waals surface area (Å²) in [6.45, 7) is 6.72. The molecule has 6 heteroatoms. The van der Waals surface area contributed by atoms with E-state index in [1.165, 1.54) is 289 Å². The van der Waals surface area contributed by atoms with Crippen molar-refractivity contribution in [3.63, 3.8) is 0 Å². The average Bonchev–Trinajstić information content (AvgIpc) is 3.40. The van der Waals surface area contributed by atoms with Gasteiger partial charge in [-0.1, -0.05) is 335 Å². The SMILES string of the molecule is CCCCCCCCCC/C=C\CCCCCCCCCCCCCCCCCC(=O)OCC(COC(=O)CCCCCCCCCCCCCCCC)OC(=O)CCCCCCCCCCCCCCCCC. The van der Waals surface area contributed by atoms with Gasteiger partial charge in [0.05, 0.1) is 0 Å². The second kappa shape index (κ2) is 63.7. The molecular weight excluding hydrogens is 913 g/mol. The molecule has 0 bridgehead atoms. The van der Waals surface area contributed by atoms with Crippen molar-refractivity contribution in [3.05, 3.63) is 12.2 Å². The minimum atomic E-state index is -0.764. The van der Waals surface area contributed by atoms with Gasteiger partial charge in [0.25, 0.3) is 0 Å². The number of carbonyl (C=O) groups is 3. The van der Waals surface area contributed by atoms with E-state index < -0.39 is 6.10 Å². The smallest absolute Gasteiger partial charge is 0.306 e. The number of allylic oxidation sites excluding steroid dienone is 2. The summed E-state index contributed by atoms with van der Waals surface area (Å²) in [5.74, 6) is -0.829. The lowest BCUT2D eigenvalue weighted by molar-refractivity contribution is -0.167. The van der Waals surface area contributed by atoms with Crippen LogP contribution >= 0.6 is 0 Å². The van der Waals surface area contributed by atoms with Gasteiger partial charge in [-0.05, 0) is 44.9 Å². The van der Waals surface area contributed by atoms with Gasteiger partial charge >= 0.3 is 17.9 Å². The molecule has 0 aliphatic rings. The molecule has 0 aliphatic carbocycles. The molecule has 0 rings (SSSR count). The van der Waals surface area contributed by atoms with Gasteiger partial charge in [0.15, 0.2) is 6.10 Å². The Labute approximate surface area is 462 Å². The monoisotopic (exact) mass is 1040 g/mol. The molecule has 0 spiro atoms. The van der Waals surface area contributed by atoms with Gasteiger partial charge in [-0.15, -0.1) is 0 Å². The van der Waals surface area contributed by atoms with E-state index in [0.29, 0.717) is 19.3 Å². The third-order valence-corrected chi connectivity index (χ3v) is 15.5. The van der Waals surface area contributed by atoms with Crippen LogP contribution in [0.1, 0.15) is 387 Å². The van der Waals surface area contributed by atoms with E-state index in [1.54, 1.807) is 0 Å². The third kappa shape index (κ3) is 61.0. The van der Waals surface area contributed by atoms with Crippen molar-refractivity contribution in [2.24, 2.45) is 0 Å². The molecule has 74 heavy (non-hydrogen) atoms. The minimum Gasteiger partial charge on any atom is -0.462 e. The Balaban J connectivity index is 4.17. The fourth-order valence-electron chi connectivity index (χ4n) is 10.4. The number of rotatable bonds is 63. The Kier molecular flexibility index (Phi) is 62.1. The topological polar surface area (TPSA) is 78.9 Å². The van der Waals surface area contributed by atoms with Crippen molar-refractivity contribution in [2.75, 3.05) is 13.2 Å². The zero-order valence-electron chi connectivity index (χ0n) is 50.4. The molecule has 6 nitrogen and oxygen atoms in total. The number of hydrogen-bond donors (Lipinski definition) is 0. The van der Waals surface area contributed by atoms with Crippen LogP contribution in [0.5, 0.6) is 0 Å². The van der Waals surface area contributed by atoms with Gasteiger partial charge in [-0.3, -0.25) is 14.4 Å². The minimum absolute atomic E-state index is 0.0624. The fraction of sp³-hybridized carbons (Fsp3) is 0.926. The first-order valence-electron chi connectivity index (χ1n) is 33.7. The first kappa shape index (κ1) is 72.2. The highest BCUT2D eigenvalue weighted by Gasteiger charge is 2.19. The predicted octanol–water partition coefficient (Wildman–Crippen LogP) is 22.8. The van der Waals surface area contributed by atoms with Crippen LogP contribution in [0.4, 0.5) is 0 Å². The van der Waals surface area contributed by atoms with E-state index in [9.17, 15) is 14.4 Å². The standard InChI is InChI=1S/C68H130O6/c1-4-7-10-13-16-19-22-25-28-29-30-31-32-33-34-35-36-37-38-39-41-43-46-49-52-55-58-61-67(70)73-64-65(63-72-66(69)60-57-54-51-48-45-42-27-24-21-18-15-12-9-6-3)74-68(71)62-59-56-53-50-47-44-40-26-23-20-17-14-11-8-5-2/h29-30,65H,4-28,31-64H2,1-3H3/b30-29-. The summed E-state index contributed by atoms with van der Waals surface area (Å²) < 4.78 is 17.0. The van der Waals surface area contributed by atoms with Gasteiger partial charge < -0.3 is 14.2 Å². The molecule has 0 radical (unpaired) electrons. The zero-order chi connectivity index (χ0) is 53.6. The van der Waals surface area contributed by atoms with E-state index in [0.717, 1.165) is 57.8 Å². The van der Waals surface area contributed by atoms with E-state index in [-0.39, 0.29) is 31.1 Å². The van der Waals surface area contributed by atoms with E-state index in [1.807, 2.05) is 0 Å². The molecule has 0 saturated heterocycles. The summed E-state index contributed by atoms with van der Waals surface area (Å²) in [5, 5.41) is 0. The average molecular weight is 1040 g/mol. The summed E-state index contributed by atoms with van der Waals surface area (Å²) >= 11 is 0. The molecule has 0 N–H and O–H groups in total. The maximum absolute atomic E-state index is 12.9. The molecule has 1 atom stereocenters. The fourth-order valence-corrected chi connectivity index (χ4v) is 10.4. The normalized spacial score (nSPS) is 12.0. The maximum Gasteiger partial charge on any atom is 0.306 e. The predicted molar refractivity (Wildman–Crippen MR) is 321 cm³/mol. The molecule has 0 aliphatic heterocycles. The molecule has 0 aromatic carbocycles. The summed E-state index contributed by atoms with van der Waals surface area (Å²) in [6, 6.07) is 0. The Morgan fingerprint density at radius 1 is 0.257 bits per heavy atom. The van der Waals surface area contributed by atoms with Gasteiger partial charge in [-0.2, -0.15) is 0 Å². The number of ether oxygens (including phenoxy) is 3. The molecule has 0 saturated carbocycles. The molecule has 0 fully saturated rings. The summed E-state index contributed by atoms with van der Waals surface area (Å²) in [5.41, 5.74) is 0. The zero-order valence-corrected chi connectivity index (χ0v) is 50.4. The van der Waals surface area contributed by atoms with Crippen molar-refractivity contribution >= 4 is 17.9 Å². The van der Waals surface area contributed by atoms with Crippen molar-refractivity contribution in [1.29, 1.82) is 0 Å². The van der Waals surface area contributed by atoms with E-state index >= 15 is 0 Å². The summed E-state index contributed by atoms with van der Waals surface area (Å²) in [4.78, 5) is 38.3. The first-order valence-corrected chi connectivity index (χ1v) is 33.7. The Hall–Kier alpha value is -1.85. The Bertz CT molecular complexity index is 1150. The van der Waals surface area contributed by atoms with E-state index in [4.69, 9.17) is 14.2 Å². The lowest BCUT2D eigenvalue weighted by Gasteiger charge is -2.18. The molecular formula is C68H130O6. The number of hydrogen-bond acceptors (Lipinski definition) is 6.